The van der Waals surface area contributed by atoms with Gasteiger partial charge in [0, 0.05) is 38.3 Å². The molecule has 0 aromatic carbocycles. The second-order valence-corrected chi connectivity index (χ2v) is 6.84. The summed E-state index contributed by atoms with van der Waals surface area (Å²) in [4.78, 5) is 16.8. The number of nitrogens with zero attached hydrogens (tertiary/aromatic N) is 2. The van der Waals surface area contributed by atoms with Crippen LogP contribution in [0.15, 0.2) is 0 Å². The van der Waals surface area contributed by atoms with E-state index in [1.165, 1.54) is 0 Å². The average molecular weight is 298 g/mol. The minimum atomic E-state index is -0.607. The molecule has 2 unspecified atom stereocenters. The van der Waals surface area contributed by atoms with E-state index in [-0.39, 0.29) is 5.91 Å². The highest BCUT2D eigenvalue weighted by Crippen LogP contribution is 2.18. The van der Waals surface area contributed by atoms with E-state index in [1.54, 1.807) is 0 Å². The van der Waals surface area contributed by atoms with E-state index in [0.29, 0.717) is 12.1 Å². The lowest BCUT2D eigenvalue weighted by molar-refractivity contribution is -0.124. The van der Waals surface area contributed by atoms with Gasteiger partial charge in [0.2, 0.25) is 5.91 Å². The molecule has 1 rings (SSSR count). The van der Waals surface area contributed by atoms with Gasteiger partial charge in [-0.05, 0) is 47.1 Å². The van der Waals surface area contributed by atoms with Gasteiger partial charge in [0.25, 0.3) is 0 Å². The summed E-state index contributed by atoms with van der Waals surface area (Å²) in [5, 5.41) is 3.33. The molecule has 0 aliphatic carbocycles. The fourth-order valence-corrected chi connectivity index (χ4v) is 3.08. The second kappa shape index (κ2) is 8.11. The van der Waals surface area contributed by atoms with Crippen LogP contribution in [-0.4, -0.2) is 66.1 Å². The Morgan fingerprint density at radius 3 is 2.14 bits per heavy atom. The molecule has 2 atom stereocenters. The molecule has 1 aliphatic heterocycles. The van der Waals surface area contributed by atoms with Gasteiger partial charge in [-0.25, -0.2) is 0 Å². The van der Waals surface area contributed by atoms with E-state index in [0.717, 1.165) is 45.6 Å². The topological polar surface area (TPSA) is 61.6 Å². The van der Waals surface area contributed by atoms with Gasteiger partial charge in [0.1, 0.15) is 0 Å². The Hall–Kier alpha value is -0.650. The minimum absolute atomic E-state index is 0.247. The van der Waals surface area contributed by atoms with Gasteiger partial charge < -0.3 is 11.1 Å². The van der Waals surface area contributed by atoms with Crippen molar-refractivity contribution in [1.29, 1.82) is 0 Å². The lowest BCUT2D eigenvalue weighted by Gasteiger charge is -2.42. The van der Waals surface area contributed by atoms with Crippen LogP contribution in [0.25, 0.3) is 0 Å². The molecule has 1 aliphatic rings. The van der Waals surface area contributed by atoms with Crippen LogP contribution in [0.3, 0.4) is 0 Å². The third-order valence-electron chi connectivity index (χ3n) is 4.72. The molecule has 5 heteroatoms. The summed E-state index contributed by atoms with van der Waals surface area (Å²) in [7, 11) is 0. The molecule has 124 valence electrons. The predicted octanol–water partition coefficient (Wildman–Crippen LogP) is 1.03. The van der Waals surface area contributed by atoms with E-state index in [1.807, 2.05) is 6.92 Å². The van der Waals surface area contributed by atoms with Crippen molar-refractivity contribution >= 4 is 5.91 Å². The van der Waals surface area contributed by atoms with Crippen molar-refractivity contribution in [3.05, 3.63) is 0 Å². The summed E-state index contributed by atoms with van der Waals surface area (Å²) in [6, 6.07) is 0.978. The lowest BCUT2D eigenvalue weighted by atomic mass is 9.91. The number of carbonyl (C=O) groups excluding carboxylic acids is 1. The minimum Gasteiger partial charge on any atom is -0.368 e. The monoisotopic (exact) mass is 298 g/mol. The SMILES string of the molecule is CCCNC(C)(CC(C)N1CCN(C(C)C)CC1)C(N)=O. The fraction of sp³-hybridized carbons (Fsp3) is 0.938. The maximum Gasteiger partial charge on any atom is 0.237 e. The standard InChI is InChI=1S/C16H34N4O/c1-6-7-18-16(5,15(17)21)12-14(4)20-10-8-19(9-11-20)13(2)3/h13-14,18H,6-12H2,1-5H3,(H2,17,21). The van der Waals surface area contributed by atoms with Crippen LogP contribution < -0.4 is 11.1 Å². The zero-order chi connectivity index (χ0) is 16.0. The second-order valence-electron chi connectivity index (χ2n) is 6.84. The first-order chi connectivity index (χ1) is 9.80. The number of primary amides is 1. The number of nitrogens with two attached hydrogens (primary N) is 1. The Morgan fingerprint density at radius 2 is 1.71 bits per heavy atom. The quantitative estimate of drug-likeness (QED) is 0.703. The summed E-state index contributed by atoms with van der Waals surface area (Å²) < 4.78 is 0. The molecule has 0 bridgehead atoms. The molecule has 21 heavy (non-hydrogen) atoms. The van der Waals surface area contributed by atoms with Gasteiger partial charge in [-0.2, -0.15) is 0 Å². The Bertz CT molecular complexity index is 326. The molecule has 1 amide bonds. The summed E-state index contributed by atoms with van der Waals surface area (Å²) in [6.45, 7) is 15.9. The highest BCUT2D eigenvalue weighted by atomic mass is 16.1. The van der Waals surface area contributed by atoms with Crippen molar-refractivity contribution in [2.24, 2.45) is 5.73 Å². The van der Waals surface area contributed by atoms with Gasteiger partial charge in [-0.3, -0.25) is 14.6 Å². The summed E-state index contributed by atoms with van der Waals surface area (Å²) in [6.07, 6.45) is 1.77. The van der Waals surface area contributed by atoms with E-state index >= 15 is 0 Å². The molecule has 0 spiro atoms. The number of piperazine rings is 1. The van der Waals surface area contributed by atoms with Gasteiger partial charge >= 0.3 is 0 Å². The van der Waals surface area contributed by atoms with Crippen LogP contribution in [-0.2, 0) is 4.79 Å². The summed E-state index contributed by atoms with van der Waals surface area (Å²) in [5.74, 6) is -0.247. The summed E-state index contributed by atoms with van der Waals surface area (Å²) >= 11 is 0. The summed E-state index contributed by atoms with van der Waals surface area (Å²) in [5.41, 5.74) is 5.02. The smallest absolute Gasteiger partial charge is 0.237 e. The van der Waals surface area contributed by atoms with Crippen LogP contribution in [0.5, 0.6) is 0 Å². The molecule has 1 saturated heterocycles. The van der Waals surface area contributed by atoms with Gasteiger partial charge in [-0.1, -0.05) is 6.92 Å². The molecule has 1 heterocycles. The van der Waals surface area contributed by atoms with Crippen molar-refractivity contribution < 1.29 is 4.79 Å². The Morgan fingerprint density at radius 1 is 1.19 bits per heavy atom. The Balaban J connectivity index is 2.54. The zero-order valence-corrected chi connectivity index (χ0v) is 14.5. The molecule has 5 nitrogen and oxygen atoms in total. The molecule has 0 radical (unpaired) electrons. The molecular formula is C16H34N4O. The van der Waals surface area contributed by atoms with Crippen LogP contribution in [0, 0.1) is 0 Å². The van der Waals surface area contributed by atoms with Gasteiger partial charge in [-0.15, -0.1) is 0 Å². The predicted molar refractivity (Wildman–Crippen MR) is 88.3 cm³/mol. The first-order valence-electron chi connectivity index (χ1n) is 8.33. The van der Waals surface area contributed by atoms with Crippen LogP contribution in [0.4, 0.5) is 0 Å². The molecule has 0 aromatic heterocycles. The van der Waals surface area contributed by atoms with Crippen molar-refractivity contribution in [1.82, 2.24) is 15.1 Å². The fourth-order valence-electron chi connectivity index (χ4n) is 3.08. The normalized spacial score (nSPS) is 22.2. The Labute approximate surface area is 130 Å². The number of amides is 1. The maximum atomic E-state index is 11.8. The van der Waals surface area contributed by atoms with Gasteiger partial charge in [0.05, 0.1) is 5.54 Å². The van der Waals surface area contributed by atoms with Crippen molar-refractivity contribution in [2.75, 3.05) is 32.7 Å². The third-order valence-corrected chi connectivity index (χ3v) is 4.72. The molecular weight excluding hydrogens is 264 g/mol. The zero-order valence-electron chi connectivity index (χ0n) is 14.5. The van der Waals surface area contributed by atoms with E-state index in [4.69, 9.17) is 5.73 Å². The first kappa shape index (κ1) is 18.4. The van der Waals surface area contributed by atoms with Crippen LogP contribution in [0.2, 0.25) is 0 Å². The highest BCUT2D eigenvalue weighted by Gasteiger charge is 2.34. The molecule has 0 saturated carbocycles. The first-order valence-corrected chi connectivity index (χ1v) is 8.33. The van der Waals surface area contributed by atoms with Crippen LogP contribution in [0.1, 0.15) is 47.5 Å². The largest absolute Gasteiger partial charge is 0.368 e. The maximum absolute atomic E-state index is 11.8. The van der Waals surface area contributed by atoms with E-state index < -0.39 is 5.54 Å². The van der Waals surface area contributed by atoms with Crippen LogP contribution >= 0.6 is 0 Å². The number of carbonyl (C=O) groups is 1. The number of rotatable bonds is 8. The highest BCUT2D eigenvalue weighted by molar-refractivity contribution is 5.84. The van der Waals surface area contributed by atoms with E-state index in [9.17, 15) is 4.79 Å². The third kappa shape index (κ3) is 5.24. The lowest BCUT2D eigenvalue weighted by Crippen LogP contribution is -2.58. The molecule has 1 fully saturated rings. The molecule has 0 aromatic rings. The van der Waals surface area contributed by atoms with Gasteiger partial charge in [0.15, 0.2) is 0 Å². The van der Waals surface area contributed by atoms with Crippen molar-refractivity contribution in [3.63, 3.8) is 0 Å². The number of hydrogen-bond donors (Lipinski definition) is 2. The Kier molecular flexibility index (Phi) is 7.10. The van der Waals surface area contributed by atoms with Crippen molar-refractivity contribution in [2.45, 2.75) is 65.1 Å². The molecule has 3 N–H and O–H groups in total. The average Bonchev–Trinajstić information content (AvgIpc) is 2.45. The van der Waals surface area contributed by atoms with E-state index in [2.05, 4.69) is 42.8 Å². The van der Waals surface area contributed by atoms with Crippen molar-refractivity contribution in [3.8, 4) is 0 Å². The number of hydrogen-bond acceptors (Lipinski definition) is 4. The number of nitrogens with one attached hydrogen (secondary N) is 1.